The SMILES string of the molecule is CC(=O)C1CCCN(c2cccc3nccn23)C1. The average Bonchev–Trinajstić information content (AvgIpc) is 2.87. The number of piperidine rings is 1. The Hall–Kier alpha value is -1.84. The number of pyridine rings is 1. The molecule has 2 aromatic heterocycles. The van der Waals surface area contributed by atoms with Gasteiger partial charge in [-0.1, -0.05) is 6.07 Å². The second-order valence-corrected chi connectivity index (χ2v) is 4.94. The van der Waals surface area contributed by atoms with Crippen LogP contribution in [0.15, 0.2) is 30.6 Å². The van der Waals surface area contributed by atoms with E-state index in [0.717, 1.165) is 37.4 Å². The van der Waals surface area contributed by atoms with Crippen molar-refractivity contribution in [3.05, 3.63) is 30.6 Å². The Labute approximate surface area is 106 Å². The number of nitrogens with zero attached hydrogens (tertiary/aromatic N) is 3. The van der Waals surface area contributed by atoms with E-state index in [2.05, 4.69) is 20.4 Å². The quantitative estimate of drug-likeness (QED) is 0.811. The third kappa shape index (κ3) is 1.88. The zero-order chi connectivity index (χ0) is 12.5. The van der Waals surface area contributed by atoms with Crippen LogP contribution in [0.25, 0.3) is 5.65 Å². The van der Waals surface area contributed by atoms with Gasteiger partial charge in [0.05, 0.1) is 0 Å². The third-order valence-corrected chi connectivity index (χ3v) is 3.73. The van der Waals surface area contributed by atoms with Crippen LogP contribution < -0.4 is 4.90 Å². The number of carbonyl (C=O) groups is 1. The van der Waals surface area contributed by atoms with E-state index < -0.39 is 0 Å². The van der Waals surface area contributed by atoms with Gasteiger partial charge in [-0.25, -0.2) is 4.98 Å². The molecule has 0 aromatic carbocycles. The van der Waals surface area contributed by atoms with Gasteiger partial charge in [-0.05, 0) is 31.9 Å². The van der Waals surface area contributed by atoms with E-state index >= 15 is 0 Å². The monoisotopic (exact) mass is 243 g/mol. The summed E-state index contributed by atoms with van der Waals surface area (Å²) in [5.41, 5.74) is 0.956. The van der Waals surface area contributed by atoms with E-state index in [4.69, 9.17) is 0 Å². The lowest BCUT2D eigenvalue weighted by Gasteiger charge is -2.33. The molecule has 3 heterocycles. The predicted molar refractivity (Wildman–Crippen MR) is 70.8 cm³/mol. The molecule has 1 unspecified atom stereocenters. The molecule has 1 aliphatic rings. The molecule has 0 N–H and O–H groups in total. The smallest absolute Gasteiger partial charge is 0.138 e. The van der Waals surface area contributed by atoms with Crippen molar-refractivity contribution in [3.8, 4) is 0 Å². The van der Waals surface area contributed by atoms with Crippen molar-refractivity contribution in [1.29, 1.82) is 0 Å². The number of hydrogen-bond acceptors (Lipinski definition) is 3. The van der Waals surface area contributed by atoms with E-state index in [9.17, 15) is 4.79 Å². The first-order valence-electron chi connectivity index (χ1n) is 6.43. The van der Waals surface area contributed by atoms with Crippen molar-refractivity contribution in [2.75, 3.05) is 18.0 Å². The minimum atomic E-state index is 0.178. The van der Waals surface area contributed by atoms with Gasteiger partial charge in [0, 0.05) is 31.4 Å². The molecule has 0 bridgehead atoms. The van der Waals surface area contributed by atoms with E-state index in [-0.39, 0.29) is 5.92 Å². The van der Waals surface area contributed by atoms with Crippen molar-refractivity contribution in [3.63, 3.8) is 0 Å². The molecule has 0 spiro atoms. The van der Waals surface area contributed by atoms with Gasteiger partial charge in [-0.15, -0.1) is 0 Å². The van der Waals surface area contributed by atoms with Gasteiger partial charge in [0.2, 0.25) is 0 Å². The number of rotatable bonds is 2. The molecule has 1 atom stereocenters. The number of Topliss-reactive ketones (excluding diaryl/α,β-unsaturated/α-hetero) is 1. The van der Waals surface area contributed by atoms with Gasteiger partial charge in [-0.3, -0.25) is 9.20 Å². The zero-order valence-electron chi connectivity index (χ0n) is 10.5. The molecule has 1 saturated heterocycles. The fourth-order valence-electron chi connectivity index (χ4n) is 2.71. The van der Waals surface area contributed by atoms with Gasteiger partial charge in [0.1, 0.15) is 17.2 Å². The van der Waals surface area contributed by atoms with Crippen LogP contribution in [0.3, 0.4) is 0 Å². The van der Waals surface area contributed by atoms with Crippen LogP contribution in [0.1, 0.15) is 19.8 Å². The van der Waals surface area contributed by atoms with E-state index in [0.29, 0.717) is 5.78 Å². The largest absolute Gasteiger partial charge is 0.357 e. The lowest BCUT2D eigenvalue weighted by Crippen LogP contribution is -2.38. The zero-order valence-corrected chi connectivity index (χ0v) is 10.5. The molecule has 1 aliphatic heterocycles. The second kappa shape index (κ2) is 4.44. The first-order chi connectivity index (χ1) is 8.75. The molecular formula is C14H17N3O. The fraction of sp³-hybridized carbons (Fsp3) is 0.429. The first kappa shape index (κ1) is 11.3. The molecule has 0 amide bonds. The number of carbonyl (C=O) groups excluding carboxylic acids is 1. The molecule has 4 nitrogen and oxygen atoms in total. The van der Waals surface area contributed by atoms with Crippen LogP contribution >= 0.6 is 0 Å². The molecule has 3 rings (SSSR count). The maximum absolute atomic E-state index is 11.5. The highest BCUT2D eigenvalue weighted by Crippen LogP contribution is 2.24. The first-order valence-corrected chi connectivity index (χ1v) is 6.43. The van der Waals surface area contributed by atoms with Crippen molar-refractivity contribution in [2.45, 2.75) is 19.8 Å². The van der Waals surface area contributed by atoms with Crippen molar-refractivity contribution in [1.82, 2.24) is 9.38 Å². The molecule has 2 aromatic rings. The van der Waals surface area contributed by atoms with Gasteiger partial charge < -0.3 is 4.90 Å². The molecular weight excluding hydrogens is 226 g/mol. The van der Waals surface area contributed by atoms with E-state index in [1.165, 1.54) is 0 Å². The molecule has 18 heavy (non-hydrogen) atoms. The highest BCUT2D eigenvalue weighted by molar-refractivity contribution is 5.79. The second-order valence-electron chi connectivity index (χ2n) is 4.94. The third-order valence-electron chi connectivity index (χ3n) is 3.73. The maximum Gasteiger partial charge on any atom is 0.138 e. The van der Waals surface area contributed by atoms with Crippen LogP contribution in [0.4, 0.5) is 5.82 Å². The van der Waals surface area contributed by atoms with Gasteiger partial charge >= 0.3 is 0 Å². The Morgan fingerprint density at radius 2 is 2.33 bits per heavy atom. The molecule has 4 heteroatoms. The summed E-state index contributed by atoms with van der Waals surface area (Å²) in [5.74, 6) is 1.62. The number of anilines is 1. The summed E-state index contributed by atoms with van der Waals surface area (Å²) in [5, 5.41) is 0. The Balaban J connectivity index is 1.94. The summed E-state index contributed by atoms with van der Waals surface area (Å²) >= 11 is 0. The van der Waals surface area contributed by atoms with Crippen LogP contribution in [-0.4, -0.2) is 28.3 Å². The average molecular weight is 243 g/mol. The lowest BCUT2D eigenvalue weighted by molar-refractivity contribution is -0.120. The Morgan fingerprint density at radius 1 is 1.44 bits per heavy atom. The molecule has 1 fully saturated rings. The molecule has 94 valence electrons. The Bertz CT molecular complexity index is 575. The number of fused-ring (bicyclic) bond motifs is 1. The summed E-state index contributed by atoms with van der Waals surface area (Å²) in [7, 11) is 0. The number of hydrogen-bond donors (Lipinski definition) is 0. The summed E-state index contributed by atoms with van der Waals surface area (Å²) < 4.78 is 2.09. The van der Waals surface area contributed by atoms with E-state index in [1.807, 2.05) is 24.5 Å². The fourth-order valence-corrected chi connectivity index (χ4v) is 2.71. The van der Waals surface area contributed by atoms with Gasteiger partial charge in [-0.2, -0.15) is 0 Å². The summed E-state index contributed by atoms with van der Waals surface area (Å²) in [6.07, 6.45) is 5.88. The standard InChI is InChI=1S/C14H17N3O/c1-11(18)12-4-3-8-16(10-12)14-6-2-5-13-15-7-9-17(13)14/h2,5-7,9,12H,3-4,8,10H2,1H3. The summed E-state index contributed by atoms with van der Waals surface area (Å²) in [4.78, 5) is 18.1. The number of aromatic nitrogens is 2. The van der Waals surface area contributed by atoms with Crippen LogP contribution in [-0.2, 0) is 4.79 Å². The lowest BCUT2D eigenvalue weighted by atomic mass is 9.94. The highest BCUT2D eigenvalue weighted by atomic mass is 16.1. The van der Waals surface area contributed by atoms with Gasteiger partial charge in [0.25, 0.3) is 0 Å². The summed E-state index contributed by atoms with van der Waals surface area (Å²) in [6, 6.07) is 6.11. The highest BCUT2D eigenvalue weighted by Gasteiger charge is 2.24. The minimum Gasteiger partial charge on any atom is -0.357 e. The summed E-state index contributed by atoms with van der Waals surface area (Å²) in [6.45, 7) is 3.54. The van der Waals surface area contributed by atoms with Crippen LogP contribution in [0.5, 0.6) is 0 Å². The molecule has 0 radical (unpaired) electrons. The van der Waals surface area contributed by atoms with E-state index in [1.54, 1.807) is 6.92 Å². The maximum atomic E-state index is 11.5. The molecule has 0 saturated carbocycles. The molecule has 0 aliphatic carbocycles. The Morgan fingerprint density at radius 3 is 3.17 bits per heavy atom. The normalized spacial score (nSPS) is 20.3. The van der Waals surface area contributed by atoms with Crippen molar-refractivity contribution < 1.29 is 4.79 Å². The topological polar surface area (TPSA) is 37.6 Å². The van der Waals surface area contributed by atoms with Crippen LogP contribution in [0.2, 0.25) is 0 Å². The predicted octanol–water partition coefficient (Wildman–Crippen LogP) is 2.14. The minimum absolute atomic E-state index is 0.178. The van der Waals surface area contributed by atoms with Crippen molar-refractivity contribution >= 4 is 17.2 Å². The van der Waals surface area contributed by atoms with Crippen molar-refractivity contribution in [2.24, 2.45) is 5.92 Å². The Kier molecular flexibility index (Phi) is 2.78. The van der Waals surface area contributed by atoms with Gasteiger partial charge in [0.15, 0.2) is 0 Å². The number of imidazole rings is 1. The number of ketones is 1. The van der Waals surface area contributed by atoms with Crippen LogP contribution in [0, 0.1) is 5.92 Å².